The van der Waals surface area contributed by atoms with Crippen LogP contribution in [0, 0.1) is 0 Å². The van der Waals surface area contributed by atoms with E-state index in [2.05, 4.69) is 4.98 Å². The molecule has 90 valence electrons. The molecule has 16 heavy (non-hydrogen) atoms. The Morgan fingerprint density at radius 1 is 1.31 bits per heavy atom. The van der Waals surface area contributed by atoms with E-state index in [9.17, 15) is 8.42 Å². The smallest absolute Gasteiger partial charge is 0.314 e. The fourth-order valence-corrected chi connectivity index (χ4v) is 3.05. The van der Waals surface area contributed by atoms with Crippen molar-refractivity contribution in [3.63, 3.8) is 0 Å². The van der Waals surface area contributed by atoms with E-state index in [0.29, 0.717) is 0 Å². The van der Waals surface area contributed by atoms with E-state index in [1.165, 1.54) is 0 Å². The second kappa shape index (κ2) is 3.85. The normalized spacial score (nSPS) is 16.5. The molecule has 5 nitrogen and oxygen atoms in total. The minimum atomic E-state index is -4.22. The van der Waals surface area contributed by atoms with Gasteiger partial charge in [0.2, 0.25) is 0 Å². The molecule has 0 radical (unpaired) electrons. The van der Waals surface area contributed by atoms with Gasteiger partial charge in [-0.25, -0.2) is 4.98 Å². The lowest BCUT2D eigenvalue weighted by Crippen LogP contribution is -2.15. The number of rotatable bonds is 2. The molecule has 0 aromatic carbocycles. The number of imidazole rings is 1. The van der Waals surface area contributed by atoms with Gasteiger partial charge in [-0.05, 0) is 39.5 Å². The van der Waals surface area contributed by atoms with E-state index in [4.69, 9.17) is 4.55 Å². The Kier molecular flexibility index (Phi) is 2.79. The zero-order valence-electron chi connectivity index (χ0n) is 9.47. The van der Waals surface area contributed by atoms with E-state index in [1.54, 1.807) is 4.57 Å². The SMILES string of the molecule is CC(C)n1c(S(=O)(=O)O)nc2c1CCCC2. The van der Waals surface area contributed by atoms with Crippen molar-refractivity contribution in [2.45, 2.75) is 50.7 Å². The van der Waals surface area contributed by atoms with Gasteiger partial charge >= 0.3 is 10.1 Å². The second-order valence-electron chi connectivity index (χ2n) is 4.43. The second-order valence-corrected chi connectivity index (χ2v) is 5.75. The van der Waals surface area contributed by atoms with E-state index >= 15 is 0 Å². The maximum Gasteiger partial charge on any atom is 0.328 e. The van der Waals surface area contributed by atoms with Crippen molar-refractivity contribution >= 4 is 10.1 Å². The Morgan fingerprint density at radius 2 is 1.94 bits per heavy atom. The first kappa shape index (κ1) is 11.6. The summed E-state index contributed by atoms with van der Waals surface area (Å²) >= 11 is 0. The van der Waals surface area contributed by atoms with E-state index in [-0.39, 0.29) is 11.2 Å². The van der Waals surface area contributed by atoms with Crippen molar-refractivity contribution < 1.29 is 13.0 Å². The first-order valence-corrected chi connectivity index (χ1v) is 6.92. The molecular formula is C10H16N2O3S. The molecule has 0 unspecified atom stereocenters. The van der Waals surface area contributed by atoms with Crippen LogP contribution in [0.3, 0.4) is 0 Å². The number of fused-ring (bicyclic) bond motifs is 1. The number of hydrogen-bond acceptors (Lipinski definition) is 3. The molecule has 1 aliphatic carbocycles. The zero-order valence-corrected chi connectivity index (χ0v) is 10.3. The van der Waals surface area contributed by atoms with Gasteiger partial charge in [0, 0.05) is 11.7 Å². The molecule has 1 aromatic heterocycles. The van der Waals surface area contributed by atoms with Gasteiger partial charge in [-0.1, -0.05) is 0 Å². The molecule has 1 aromatic rings. The fourth-order valence-electron chi connectivity index (χ4n) is 2.25. The Balaban J connectivity index is 2.66. The van der Waals surface area contributed by atoms with Gasteiger partial charge in [-0.15, -0.1) is 0 Å². The predicted molar refractivity (Wildman–Crippen MR) is 59.1 cm³/mol. The molecule has 1 N–H and O–H groups in total. The standard InChI is InChI=1S/C10H16N2O3S/c1-7(2)12-9-6-4-3-5-8(9)11-10(12)16(13,14)15/h7H,3-6H2,1-2H3,(H,13,14,15). The summed E-state index contributed by atoms with van der Waals surface area (Å²) < 4.78 is 33.3. The molecule has 0 amide bonds. The number of aryl methyl sites for hydroxylation is 1. The molecule has 0 fully saturated rings. The number of nitrogens with zero attached hydrogens (tertiary/aromatic N) is 2. The lowest BCUT2D eigenvalue weighted by atomic mass is 10.0. The molecule has 0 atom stereocenters. The predicted octanol–water partition coefficient (Wildman–Crippen LogP) is 1.59. The van der Waals surface area contributed by atoms with Gasteiger partial charge in [0.25, 0.3) is 5.16 Å². The average Bonchev–Trinajstić information content (AvgIpc) is 2.55. The van der Waals surface area contributed by atoms with Crippen molar-refractivity contribution in [3.8, 4) is 0 Å². The van der Waals surface area contributed by atoms with Crippen LogP contribution in [0.5, 0.6) is 0 Å². The van der Waals surface area contributed by atoms with Gasteiger partial charge in [-0.3, -0.25) is 4.55 Å². The van der Waals surface area contributed by atoms with Gasteiger partial charge in [0.05, 0.1) is 5.69 Å². The van der Waals surface area contributed by atoms with Crippen LogP contribution >= 0.6 is 0 Å². The molecule has 0 spiro atoms. The molecule has 1 heterocycles. The molecule has 1 aliphatic rings. The summed E-state index contributed by atoms with van der Waals surface area (Å²) in [6.45, 7) is 3.79. The molecule has 2 rings (SSSR count). The molecule has 0 saturated heterocycles. The Labute approximate surface area is 95.2 Å². The maximum atomic E-state index is 11.2. The highest BCUT2D eigenvalue weighted by atomic mass is 32.2. The van der Waals surface area contributed by atoms with Crippen LogP contribution in [0.1, 0.15) is 44.1 Å². The third-order valence-corrected chi connectivity index (χ3v) is 3.63. The van der Waals surface area contributed by atoms with Gasteiger partial charge in [-0.2, -0.15) is 8.42 Å². The quantitative estimate of drug-likeness (QED) is 0.802. The molecular weight excluding hydrogens is 228 g/mol. The highest BCUT2D eigenvalue weighted by molar-refractivity contribution is 7.85. The highest BCUT2D eigenvalue weighted by Gasteiger charge is 2.27. The zero-order chi connectivity index (χ0) is 11.9. The molecule has 0 aliphatic heterocycles. The summed E-state index contributed by atoms with van der Waals surface area (Å²) in [7, 11) is -4.22. The third-order valence-electron chi connectivity index (χ3n) is 2.88. The van der Waals surface area contributed by atoms with Crippen LogP contribution in [0.25, 0.3) is 0 Å². The summed E-state index contributed by atoms with van der Waals surface area (Å²) in [6.07, 6.45) is 3.73. The van der Waals surface area contributed by atoms with E-state index in [1.807, 2.05) is 13.8 Å². The maximum absolute atomic E-state index is 11.2. The Bertz CT molecular complexity index is 502. The van der Waals surface area contributed by atoms with Crippen LogP contribution < -0.4 is 0 Å². The van der Waals surface area contributed by atoms with Crippen molar-refractivity contribution in [1.29, 1.82) is 0 Å². The molecule has 0 bridgehead atoms. The van der Waals surface area contributed by atoms with Crippen LogP contribution in [0.15, 0.2) is 5.16 Å². The van der Waals surface area contributed by atoms with Crippen LogP contribution in [-0.4, -0.2) is 22.5 Å². The summed E-state index contributed by atoms with van der Waals surface area (Å²) in [5.41, 5.74) is 1.79. The summed E-state index contributed by atoms with van der Waals surface area (Å²) in [5, 5.41) is -0.200. The lowest BCUT2D eigenvalue weighted by molar-refractivity contribution is 0.444. The van der Waals surface area contributed by atoms with Gasteiger partial charge < -0.3 is 4.57 Å². The summed E-state index contributed by atoms with van der Waals surface area (Å²) in [6, 6.07) is -0.00808. The first-order valence-electron chi connectivity index (χ1n) is 5.48. The number of aromatic nitrogens is 2. The average molecular weight is 244 g/mol. The van der Waals surface area contributed by atoms with E-state index < -0.39 is 10.1 Å². The van der Waals surface area contributed by atoms with Gasteiger partial charge in [0.1, 0.15) is 0 Å². The summed E-state index contributed by atoms with van der Waals surface area (Å²) in [4.78, 5) is 4.07. The minimum absolute atomic E-state index is 0.00808. The number of hydrogen-bond donors (Lipinski definition) is 1. The largest absolute Gasteiger partial charge is 0.328 e. The van der Waals surface area contributed by atoms with Gasteiger partial charge in [0.15, 0.2) is 0 Å². The van der Waals surface area contributed by atoms with Crippen LogP contribution in [-0.2, 0) is 23.0 Å². The van der Waals surface area contributed by atoms with Crippen molar-refractivity contribution in [2.24, 2.45) is 0 Å². The first-order chi connectivity index (χ1) is 7.41. The molecule has 6 heteroatoms. The minimum Gasteiger partial charge on any atom is -0.314 e. The Morgan fingerprint density at radius 3 is 2.50 bits per heavy atom. The molecule has 0 saturated carbocycles. The monoisotopic (exact) mass is 244 g/mol. The lowest BCUT2D eigenvalue weighted by Gasteiger charge is -2.17. The van der Waals surface area contributed by atoms with Crippen LogP contribution in [0.2, 0.25) is 0 Å². The third kappa shape index (κ3) is 1.87. The van der Waals surface area contributed by atoms with Crippen molar-refractivity contribution in [3.05, 3.63) is 11.4 Å². The highest BCUT2D eigenvalue weighted by Crippen LogP contribution is 2.27. The summed E-state index contributed by atoms with van der Waals surface area (Å²) in [5.74, 6) is 0. The fraction of sp³-hybridized carbons (Fsp3) is 0.700. The van der Waals surface area contributed by atoms with Crippen molar-refractivity contribution in [1.82, 2.24) is 9.55 Å². The van der Waals surface area contributed by atoms with E-state index in [0.717, 1.165) is 37.1 Å². The Hall–Kier alpha value is -0.880. The topological polar surface area (TPSA) is 72.2 Å². The van der Waals surface area contributed by atoms with Crippen molar-refractivity contribution in [2.75, 3.05) is 0 Å². The van der Waals surface area contributed by atoms with Crippen LogP contribution in [0.4, 0.5) is 0 Å².